The Morgan fingerprint density at radius 1 is 1.20 bits per heavy atom. The van der Waals surface area contributed by atoms with Gasteiger partial charge in [0.1, 0.15) is 11.3 Å². The molecule has 4 rings (SSSR count). The van der Waals surface area contributed by atoms with Gasteiger partial charge in [-0.2, -0.15) is 5.01 Å². The van der Waals surface area contributed by atoms with E-state index in [1.807, 2.05) is 12.1 Å². The van der Waals surface area contributed by atoms with Gasteiger partial charge in [0.2, 0.25) is 5.88 Å². The number of pyridine rings is 1. The quantitative estimate of drug-likeness (QED) is 0.659. The smallest absolute Gasteiger partial charge is 0.344 e. The summed E-state index contributed by atoms with van der Waals surface area (Å²) in [5, 5.41) is 3.55. The number of aromatic nitrogens is 1. The number of halogens is 1. The van der Waals surface area contributed by atoms with E-state index in [-0.39, 0.29) is 5.56 Å². The lowest BCUT2D eigenvalue weighted by Gasteiger charge is -2.33. The summed E-state index contributed by atoms with van der Waals surface area (Å²) in [6.07, 6.45) is 4.21. The first-order valence-corrected chi connectivity index (χ1v) is 10.5. The van der Waals surface area contributed by atoms with Crippen LogP contribution in [0.15, 0.2) is 47.1 Å². The summed E-state index contributed by atoms with van der Waals surface area (Å²) in [5.41, 5.74) is 1.70. The minimum atomic E-state index is -0.905. The van der Waals surface area contributed by atoms with Crippen LogP contribution in [0.1, 0.15) is 43.0 Å². The predicted molar refractivity (Wildman–Crippen MR) is 112 cm³/mol. The van der Waals surface area contributed by atoms with Crippen LogP contribution in [0, 0.1) is 5.92 Å². The van der Waals surface area contributed by atoms with Gasteiger partial charge in [-0.25, -0.2) is 9.78 Å². The van der Waals surface area contributed by atoms with Crippen molar-refractivity contribution in [2.24, 2.45) is 5.92 Å². The summed E-state index contributed by atoms with van der Waals surface area (Å²) < 4.78 is 6.56. The fourth-order valence-electron chi connectivity index (χ4n) is 3.68. The Hall–Kier alpha value is -2.94. The molecule has 30 heavy (non-hydrogen) atoms. The summed E-state index contributed by atoms with van der Waals surface area (Å²) in [4.78, 5) is 41.8. The van der Waals surface area contributed by atoms with E-state index in [1.54, 1.807) is 18.2 Å². The van der Waals surface area contributed by atoms with Gasteiger partial charge in [-0.15, -0.1) is 0 Å². The van der Waals surface area contributed by atoms with E-state index in [0.29, 0.717) is 30.4 Å². The van der Waals surface area contributed by atoms with Crippen molar-refractivity contribution < 1.29 is 19.1 Å². The number of benzene rings is 1. The molecule has 156 valence electrons. The number of carbonyl (C=O) groups excluding carboxylic acids is 3. The van der Waals surface area contributed by atoms with E-state index in [1.165, 1.54) is 12.3 Å². The van der Waals surface area contributed by atoms with Crippen LogP contribution in [-0.4, -0.2) is 33.4 Å². The highest BCUT2D eigenvalue weighted by Gasteiger charge is 2.52. The molecule has 9 heteroatoms. The molecule has 1 aromatic carbocycles. The van der Waals surface area contributed by atoms with E-state index >= 15 is 0 Å². The summed E-state index contributed by atoms with van der Waals surface area (Å²) in [5.74, 6) is 0.444. The Bertz CT molecular complexity index is 970. The number of nitrogens with one attached hydrogen (secondary N) is 2. The van der Waals surface area contributed by atoms with Gasteiger partial charge in [-0.3, -0.25) is 15.0 Å². The molecule has 2 aromatic rings. The molecule has 1 saturated heterocycles. The zero-order valence-electron chi connectivity index (χ0n) is 16.4. The lowest BCUT2D eigenvalue weighted by Crippen LogP contribution is -2.51. The normalized spacial score (nSPS) is 23.4. The molecule has 1 spiro atoms. The molecule has 1 saturated carbocycles. The molecule has 2 N–H and O–H groups in total. The molecule has 8 nitrogen and oxygen atoms in total. The van der Waals surface area contributed by atoms with Crippen molar-refractivity contribution in [1.29, 1.82) is 0 Å². The third-order valence-corrected chi connectivity index (χ3v) is 6.07. The molecule has 1 aliphatic heterocycles. The molecular formula is C21H21BrN4O4. The average Bonchev–Trinajstić information content (AvgIpc) is 2.96. The van der Waals surface area contributed by atoms with Crippen molar-refractivity contribution in [3.63, 3.8) is 0 Å². The second kappa shape index (κ2) is 8.06. The molecule has 0 bridgehead atoms. The molecule has 2 fully saturated rings. The van der Waals surface area contributed by atoms with E-state index in [4.69, 9.17) is 4.74 Å². The average molecular weight is 473 g/mol. The zero-order valence-corrected chi connectivity index (χ0v) is 17.9. The van der Waals surface area contributed by atoms with Crippen molar-refractivity contribution in [2.75, 3.05) is 0 Å². The van der Waals surface area contributed by atoms with Crippen LogP contribution in [0.2, 0.25) is 0 Å². The summed E-state index contributed by atoms with van der Waals surface area (Å²) in [6, 6.07) is 9.72. The number of hydrogen-bond donors (Lipinski definition) is 2. The van der Waals surface area contributed by atoms with Crippen LogP contribution >= 0.6 is 15.9 Å². The van der Waals surface area contributed by atoms with Gasteiger partial charge in [-0.05, 0) is 61.9 Å². The lowest BCUT2D eigenvalue weighted by atomic mass is 9.77. The SMILES string of the molecule is CC1CCC2(CC1)NC(=O)N(NC(=O)c1ccc(Oc3ccc(Br)cc3)nc1)C2=O. The van der Waals surface area contributed by atoms with Crippen LogP contribution in [-0.2, 0) is 4.79 Å². The van der Waals surface area contributed by atoms with E-state index in [0.717, 1.165) is 22.3 Å². The number of nitrogens with zero attached hydrogens (tertiary/aromatic N) is 2. The fraction of sp³-hybridized carbons (Fsp3) is 0.333. The molecule has 0 unspecified atom stereocenters. The maximum absolute atomic E-state index is 12.8. The lowest BCUT2D eigenvalue weighted by molar-refractivity contribution is -0.134. The molecular weight excluding hydrogens is 452 g/mol. The summed E-state index contributed by atoms with van der Waals surface area (Å²) >= 11 is 3.35. The second-order valence-corrected chi connectivity index (χ2v) is 8.63. The number of rotatable bonds is 4. The fourth-order valence-corrected chi connectivity index (χ4v) is 3.94. The molecule has 2 heterocycles. The van der Waals surface area contributed by atoms with E-state index in [2.05, 4.69) is 38.6 Å². The van der Waals surface area contributed by atoms with Gasteiger partial charge in [0, 0.05) is 16.7 Å². The van der Waals surface area contributed by atoms with Gasteiger partial charge in [0.25, 0.3) is 11.8 Å². The minimum Gasteiger partial charge on any atom is -0.439 e. The van der Waals surface area contributed by atoms with Gasteiger partial charge < -0.3 is 10.1 Å². The van der Waals surface area contributed by atoms with Crippen LogP contribution in [0.25, 0.3) is 0 Å². The molecule has 0 atom stereocenters. The number of carbonyl (C=O) groups is 3. The maximum Gasteiger partial charge on any atom is 0.344 e. The molecule has 1 aliphatic carbocycles. The molecule has 0 radical (unpaired) electrons. The highest BCUT2D eigenvalue weighted by atomic mass is 79.9. The third-order valence-electron chi connectivity index (χ3n) is 5.54. The van der Waals surface area contributed by atoms with E-state index in [9.17, 15) is 14.4 Å². The predicted octanol–water partition coefficient (Wildman–Crippen LogP) is 3.78. The topological polar surface area (TPSA) is 101 Å². The maximum atomic E-state index is 12.8. The molecule has 2 aliphatic rings. The first-order valence-electron chi connectivity index (χ1n) is 9.73. The van der Waals surface area contributed by atoms with Gasteiger partial charge >= 0.3 is 6.03 Å². The standard InChI is InChI=1S/C21H21BrN4O4/c1-13-8-10-21(11-9-13)19(28)26(20(29)24-21)25-18(27)14-2-7-17(23-12-14)30-16-5-3-15(22)4-6-16/h2-7,12-13H,8-11H2,1H3,(H,24,29)(H,25,27). The Kier molecular flexibility index (Phi) is 5.46. The zero-order chi connectivity index (χ0) is 21.3. The monoisotopic (exact) mass is 472 g/mol. The molecule has 1 aromatic heterocycles. The van der Waals surface area contributed by atoms with Crippen LogP contribution in [0.5, 0.6) is 11.6 Å². The second-order valence-electron chi connectivity index (χ2n) is 7.72. The van der Waals surface area contributed by atoms with Crippen molar-refractivity contribution in [3.8, 4) is 11.6 Å². The van der Waals surface area contributed by atoms with Gasteiger partial charge in [-0.1, -0.05) is 22.9 Å². The van der Waals surface area contributed by atoms with Crippen molar-refractivity contribution >= 4 is 33.8 Å². The van der Waals surface area contributed by atoms with Crippen LogP contribution in [0.4, 0.5) is 4.79 Å². The number of imide groups is 1. The Labute approximate surface area is 182 Å². The minimum absolute atomic E-state index is 0.206. The van der Waals surface area contributed by atoms with Crippen LogP contribution < -0.4 is 15.5 Å². The summed E-state index contributed by atoms with van der Waals surface area (Å²) in [6.45, 7) is 2.13. The van der Waals surface area contributed by atoms with Crippen LogP contribution in [0.3, 0.4) is 0 Å². The Morgan fingerprint density at radius 3 is 2.53 bits per heavy atom. The highest BCUT2D eigenvalue weighted by molar-refractivity contribution is 9.10. The number of amides is 4. The third kappa shape index (κ3) is 4.02. The first-order chi connectivity index (χ1) is 14.4. The summed E-state index contributed by atoms with van der Waals surface area (Å²) in [7, 11) is 0. The number of urea groups is 1. The molecule has 4 amide bonds. The Balaban J connectivity index is 1.40. The van der Waals surface area contributed by atoms with Gasteiger partial charge in [0.15, 0.2) is 0 Å². The van der Waals surface area contributed by atoms with Gasteiger partial charge in [0.05, 0.1) is 5.56 Å². The van der Waals surface area contributed by atoms with Crippen molar-refractivity contribution in [3.05, 3.63) is 52.6 Å². The number of hydrogen-bond acceptors (Lipinski definition) is 5. The van der Waals surface area contributed by atoms with Crippen molar-refractivity contribution in [2.45, 2.75) is 38.1 Å². The Morgan fingerprint density at radius 2 is 1.90 bits per heavy atom. The number of hydrazine groups is 1. The van der Waals surface area contributed by atoms with E-state index < -0.39 is 23.4 Å². The van der Waals surface area contributed by atoms with Crippen molar-refractivity contribution in [1.82, 2.24) is 20.7 Å². The largest absolute Gasteiger partial charge is 0.439 e. The first kappa shape index (κ1) is 20.3. The number of ether oxygens (including phenoxy) is 1. The highest BCUT2D eigenvalue weighted by Crippen LogP contribution is 2.35.